The highest BCUT2D eigenvalue weighted by atomic mass is 28.4. The van der Waals surface area contributed by atoms with Gasteiger partial charge in [0, 0.05) is 12.1 Å². The molecule has 7 heteroatoms. The van der Waals surface area contributed by atoms with Gasteiger partial charge in [0.25, 0.3) is 0 Å². The summed E-state index contributed by atoms with van der Waals surface area (Å²) in [5.74, 6) is -0.968. The van der Waals surface area contributed by atoms with Crippen molar-refractivity contribution in [1.29, 1.82) is 0 Å². The quantitative estimate of drug-likeness (QED) is 0.446. The van der Waals surface area contributed by atoms with Crippen molar-refractivity contribution in [3.8, 4) is 0 Å². The van der Waals surface area contributed by atoms with Gasteiger partial charge in [-0.15, -0.1) is 0 Å². The van der Waals surface area contributed by atoms with Gasteiger partial charge in [0.15, 0.2) is 14.1 Å². The predicted octanol–water partition coefficient (Wildman–Crippen LogP) is 4.63. The van der Waals surface area contributed by atoms with E-state index in [9.17, 15) is 4.79 Å². The molecule has 29 heavy (non-hydrogen) atoms. The van der Waals surface area contributed by atoms with Gasteiger partial charge >= 0.3 is 5.97 Å². The summed E-state index contributed by atoms with van der Waals surface area (Å²) in [6, 6.07) is -0.0312. The fourth-order valence-corrected chi connectivity index (χ4v) is 4.11. The van der Waals surface area contributed by atoms with Crippen molar-refractivity contribution >= 4 is 14.3 Å². The van der Waals surface area contributed by atoms with Crippen LogP contribution in [0.15, 0.2) is 0 Å². The monoisotopic (exact) mass is 431 g/mol. The van der Waals surface area contributed by atoms with Crippen LogP contribution in [-0.2, 0) is 23.4 Å². The number of hydrogen-bond donors (Lipinski definition) is 1. The Hall–Kier alpha value is -0.473. The van der Waals surface area contributed by atoms with Crippen LogP contribution in [0.1, 0.15) is 75.7 Å². The van der Waals surface area contributed by atoms with Gasteiger partial charge in [0.05, 0.1) is 13.0 Å². The lowest BCUT2D eigenvalue weighted by molar-refractivity contribution is -0.160. The minimum Gasteiger partial charge on any atom is -0.460 e. The van der Waals surface area contributed by atoms with Gasteiger partial charge in [-0.1, -0.05) is 34.6 Å². The molecular weight excluding hydrogens is 386 g/mol. The predicted molar refractivity (Wildman–Crippen MR) is 119 cm³/mol. The molecular formula is C22H45NO5Si. The van der Waals surface area contributed by atoms with E-state index in [4.69, 9.17) is 18.6 Å². The third kappa shape index (κ3) is 8.65. The molecule has 1 fully saturated rings. The van der Waals surface area contributed by atoms with Crippen LogP contribution in [0.5, 0.6) is 0 Å². The molecule has 1 heterocycles. The Morgan fingerprint density at radius 3 is 2.10 bits per heavy atom. The maximum atomic E-state index is 12.5. The molecule has 0 spiro atoms. The Bertz CT molecular complexity index is 548. The lowest BCUT2D eigenvalue weighted by Gasteiger charge is -2.37. The van der Waals surface area contributed by atoms with Crippen LogP contribution in [0, 0.1) is 0 Å². The molecule has 0 bridgehead atoms. The highest BCUT2D eigenvalue weighted by Crippen LogP contribution is 2.38. The van der Waals surface area contributed by atoms with Crippen molar-refractivity contribution in [1.82, 2.24) is 5.32 Å². The zero-order valence-corrected chi connectivity index (χ0v) is 21.8. The Balaban J connectivity index is 2.99. The van der Waals surface area contributed by atoms with E-state index in [0.29, 0.717) is 6.61 Å². The van der Waals surface area contributed by atoms with Crippen LogP contribution in [-0.4, -0.2) is 56.6 Å². The lowest BCUT2D eigenvalue weighted by Crippen LogP contribution is -2.51. The number of rotatable bonds is 8. The summed E-state index contributed by atoms with van der Waals surface area (Å²) in [5, 5.41) is 3.60. The molecule has 0 radical (unpaired) electrons. The van der Waals surface area contributed by atoms with Crippen LogP contribution < -0.4 is 5.32 Å². The van der Waals surface area contributed by atoms with Gasteiger partial charge in [-0.05, 0) is 52.8 Å². The molecule has 0 amide bonds. The lowest BCUT2D eigenvalue weighted by atomic mass is 10.0. The average Bonchev–Trinajstić information content (AvgIpc) is 2.76. The Labute approximate surface area is 179 Å². The van der Waals surface area contributed by atoms with Crippen LogP contribution in [0.2, 0.25) is 18.1 Å². The summed E-state index contributed by atoms with van der Waals surface area (Å²) in [6.45, 7) is 25.1. The third-order valence-electron chi connectivity index (χ3n) is 5.39. The van der Waals surface area contributed by atoms with Crippen molar-refractivity contribution in [2.45, 2.75) is 129 Å². The molecule has 1 saturated heterocycles. The first-order chi connectivity index (χ1) is 12.8. The van der Waals surface area contributed by atoms with E-state index in [1.54, 1.807) is 0 Å². The standard InChI is InChI=1S/C22H45NO5Si/c1-15(2)23-16(13-18(24)27-20(3,4)5)19-17(26-22(9,10)28-19)14-25-29(11,12)21(6,7)8/h15-17,19,23H,13-14H2,1-12H3/t16-,17+,19+/m1/s1. The van der Waals surface area contributed by atoms with Crippen LogP contribution in [0.25, 0.3) is 0 Å². The number of carbonyl (C=O) groups is 1. The molecule has 0 aromatic rings. The van der Waals surface area contributed by atoms with Gasteiger partial charge in [-0.25, -0.2) is 0 Å². The third-order valence-corrected chi connectivity index (χ3v) is 9.89. The SMILES string of the molecule is CC(C)N[C@H](CC(=O)OC(C)(C)C)[C@@H]1OC(C)(C)O[C@H]1CO[Si](C)(C)C(C)(C)C. The summed E-state index contributed by atoms with van der Waals surface area (Å²) in [5.41, 5.74) is -0.517. The zero-order valence-electron chi connectivity index (χ0n) is 20.8. The van der Waals surface area contributed by atoms with Crippen molar-refractivity contribution in [2.75, 3.05) is 6.61 Å². The van der Waals surface area contributed by atoms with Gasteiger partial charge in [0.1, 0.15) is 17.8 Å². The molecule has 0 aromatic carbocycles. The minimum atomic E-state index is -1.93. The number of nitrogens with one attached hydrogen (secondary N) is 1. The summed E-state index contributed by atoms with van der Waals surface area (Å²) in [7, 11) is -1.93. The van der Waals surface area contributed by atoms with Crippen LogP contribution >= 0.6 is 0 Å². The highest BCUT2D eigenvalue weighted by molar-refractivity contribution is 6.74. The van der Waals surface area contributed by atoms with E-state index in [-0.39, 0.29) is 41.7 Å². The van der Waals surface area contributed by atoms with Gasteiger partial charge in [-0.2, -0.15) is 0 Å². The van der Waals surface area contributed by atoms with Gasteiger partial charge in [-0.3, -0.25) is 4.79 Å². The normalized spacial score (nSPS) is 24.0. The van der Waals surface area contributed by atoms with E-state index >= 15 is 0 Å². The van der Waals surface area contributed by atoms with Crippen molar-refractivity contribution < 1.29 is 23.4 Å². The second-order valence-electron chi connectivity index (χ2n) is 11.4. The molecule has 1 aliphatic rings. The Morgan fingerprint density at radius 1 is 1.10 bits per heavy atom. The summed E-state index contributed by atoms with van der Waals surface area (Å²) >= 11 is 0. The maximum absolute atomic E-state index is 12.5. The van der Waals surface area contributed by atoms with Gasteiger partial charge in [0.2, 0.25) is 0 Å². The topological polar surface area (TPSA) is 66.0 Å². The van der Waals surface area contributed by atoms with E-state index in [1.165, 1.54) is 0 Å². The number of carbonyl (C=O) groups excluding carboxylic acids is 1. The van der Waals surface area contributed by atoms with E-state index < -0.39 is 19.7 Å². The fraction of sp³-hybridized carbons (Fsp3) is 0.955. The van der Waals surface area contributed by atoms with E-state index in [1.807, 2.05) is 34.6 Å². The largest absolute Gasteiger partial charge is 0.460 e. The number of hydrogen-bond acceptors (Lipinski definition) is 6. The molecule has 1 aliphatic heterocycles. The number of esters is 1. The van der Waals surface area contributed by atoms with E-state index in [2.05, 4.69) is 53.0 Å². The molecule has 0 aromatic heterocycles. The first-order valence-corrected chi connectivity index (χ1v) is 13.7. The minimum absolute atomic E-state index is 0.115. The van der Waals surface area contributed by atoms with E-state index in [0.717, 1.165) is 0 Å². The molecule has 172 valence electrons. The molecule has 1 N–H and O–H groups in total. The molecule has 6 nitrogen and oxygen atoms in total. The van der Waals surface area contributed by atoms with Gasteiger partial charge < -0.3 is 24.0 Å². The Kier molecular flexibility index (Phi) is 8.56. The second-order valence-corrected chi connectivity index (χ2v) is 16.2. The van der Waals surface area contributed by atoms with Crippen LogP contribution in [0.4, 0.5) is 0 Å². The maximum Gasteiger partial charge on any atom is 0.307 e. The number of ether oxygens (including phenoxy) is 3. The molecule has 0 saturated carbocycles. The molecule has 1 rings (SSSR count). The average molecular weight is 432 g/mol. The molecule has 3 atom stereocenters. The fourth-order valence-electron chi connectivity index (χ4n) is 3.10. The second kappa shape index (κ2) is 9.35. The van der Waals surface area contributed by atoms with Crippen molar-refractivity contribution in [3.05, 3.63) is 0 Å². The molecule has 0 aliphatic carbocycles. The zero-order chi connectivity index (χ0) is 22.8. The highest BCUT2D eigenvalue weighted by Gasteiger charge is 2.47. The summed E-state index contributed by atoms with van der Waals surface area (Å²) in [6.07, 6.45) is -0.335. The van der Waals surface area contributed by atoms with Crippen molar-refractivity contribution in [3.63, 3.8) is 0 Å². The Morgan fingerprint density at radius 2 is 1.66 bits per heavy atom. The molecule has 0 unspecified atom stereocenters. The first-order valence-electron chi connectivity index (χ1n) is 10.8. The summed E-state index contributed by atoms with van der Waals surface area (Å²) in [4.78, 5) is 12.5. The summed E-state index contributed by atoms with van der Waals surface area (Å²) < 4.78 is 24.4. The van der Waals surface area contributed by atoms with Crippen molar-refractivity contribution in [2.24, 2.45) is 0 Å². The van der Waals surface area contributed by atoms with Crippen LogP contribution in [0.3, 0.4) is 0 Å². The smallest absolute Gasteiger partial charge is 0.307 e. The first kappa shape index (κ1) is 26.6.